The van der Waals surface area contributed by atoms with Gasteiger partial charge in [-0.1, -0.05) is 0 Å². The lowest BCUT2D eigenvalue weighted by Crippen LogP contribution is -2.46. The van der Waals surface area contributed by atoms with E-state index in [0.717, 1.165) is 0 Å². The van der Waals surface area contributed by atoms with Crippen LogP contribution in [0.25, 0.3) is 0 Å². The van der Waals surface area contributed by atoms with Crippen LogP contribution < -0.4 is 0 Å². The summed E-state index contributed by atoms with van der Waals surface area (Å²) in [7, 11) is -1.52. The molecule has 3 rings (SSSR count). The van der Waals surface area contributed by atoms with Crippen LogP contribution in [-0.4, -0.2) is 47.1 Å². The number of sulfone groups is 1. The molecule has 0 spiro atoms. The molecule has 1 aliphatic heterocycles. The van der Waals surface area contributed by atoms with Gasteiger partial charge in [-0.25, -0.2) is 12.8 Å². The molecule has 1 amide bonds. The van der Waals surface area contributed by atoms with Crippen molar-refractivity contribution >= 4 is 15.7 Å². The van der Waals surface area contributed by atoms with Crippen LogP contribution in [0, 0.1) is 12.7 Å². The molecule has 6 nitrogen and oxygen atoms in total. The third-order valence-electron chi connectivity index (χ3n) is 4.09. The molecule has 1 atom stereocenters. The first kappa shape index (κ1) is 16.6. The zero-order valence-electron chi connectivity index (χ0n) is 13.4. The number of halogens is 1. The Hall–Kier alpha value is -2.22. The predicted molar refractivity (Wildman–Crippen MR) is 86.8 cm³/mol. The van der Waals surface area contributed by atoms with Crippen LogP contribution in [0.15, 0.2) is 30.6 Å². The maximum Gasteiger partial charge on any atom is 0.254 e. The zero-order valence-corrected chi connectivity index (χ0v) is 14.3. The fourth-order valence-corrected chi connectivity index (χ4v) is 4.46. The molecule has 1 aromatic carbocycles. The van der Waals surface area contributed by atoms with Gasteiger partial charge in [-0.05, 0) is 30.7 Å². The molecule has 8 heteroatoms. The molecule has 1 aromatic heterocycles. The second-order valence-corrected chi connectivity index (χ2v) is 8.32. The summed E-state index contributed by atoms with van der Waals surface area (Å²) >= 11 is 0. The van der Waals surface area contributed by atoms with Gasteiger partial charge in [-0.2, -0.15) is 5.10 Å². The van der Waals surface area contributed by atoms with Crippen LogP contribution in [0.3, 0.4) is 0 Å². The van der Waals surface area contributed by atoms with Crippen molar-refractivity contribution in [2.24, 2.45) is 7.05 Å². The van der Waals surface area contributed by atoms with E-state index in [1.807, 2.05) is 0 Å². The van der Waals surface area contributed by atoms with Crippen LogP contribution in [0.4, 0.5) is 4.39 Å². The highest BCUT2D eigenvalue weighted by Crippen LogP contribution is 2.28. The lowest BCUT2D eigenvalue weighted by Gasteiger charge is -2.35. The Morgan fingerprint density at radius 2 is 2.08 bits per heavy atom. The van der Waals surface area contributed by atoms with Crippen molar-refractivity contribution in [3.8, 4) is 0 Å². The number of carbonyl (C=O) groups is 1. The number of aryl methyl sites for hydroxylation is 2. The summed E-state index contributed by atoms with van der Waals surface area (Å²) in [5.41, 5.74) is 1.52. The van der Waals surface area contributed by atoms with Crippen LogP contribution >= 0.6 is 0 Å². The maximum absolute atomic E-state index is 13.6. The molecule has 2 heterocycles. The molecule has 0 aliphatic carbocycles. The van der Waals surface area contributed by atoms with E-state index in [-0.39, 0.29) is 29.5 Å². The normalized spacial score (nSPS) is 20.1. The third kappa shape index (κ3) is 3.33. The standard InChI is InChI=1S/C16H18FN3O3S/c1-11-5-12(7-14(17)6-11)16(21)20-3-4-24(22,23)10-15(20)13-8-18-19(2)9-13/h5-9,15H,3-4,10H2,1-2H3. The summed E-state index contributed by atoms with van der Waals surface area (Å²) in [6.07, 6.45) is 3.26. The zero-order chi connectivity index (χ0) is 17.5. The van der Waals surface area contributed by atoms with Gasteiger partial charge in [-0.3, -0.25) is 9.48 Å². The average Bonchev–Trinajstić information content (AvgIpc) is 2.91. The van der Waals surface area contributed by atoms with E-state index in [9.17, 15) is 17.6 Å². The number of aromatic nitrogens is 2. The largest absolute Gasteiger partial charge is 0.329 e. The highest BCUT2D eigenvalue weighted by atomic mass is 32.2. The molecule has 0 N–H and O–H groups in total. The predicted octanol–water partition coefficient (Wildman–Crippen LogP) is 1.48. The minimum atomic E-state index is -3.24. The lowest BCUT2D eigenvalue weighted by molar-refractivity contribution is 0.0697. The minimum absolute atomic E-state index is 0.0797. The highest BCUT2D eigenvalue weighted by molar-refractivity contribution is 7.91. The van der Waals surface area contributed by atoms with Crippen LogP contribution in [-0.2, 0) is 16.9 Å². The van der Waals surface area contributed by atoms with Crippen molar-refractivity contribution in [2.45, 2.75) is 13.0 Å². The fourth-order valence-electron chi connectivity index (χ4n) is 2.96. The molecule has 24 heavy (non-hydrogen) atoms. The van der Waals surface area contributed by atoms with Gasteiger partial charge in [0.25, 0.3) is 5.91 Å². The third-order valence-corrected chi connectivity index (χ3v) is 5.72. The van der Waals surface area contributed by atoms with E-state index >= 15 is 0 Å². The number of nitrogens with zero attached hydrogens (tertiary/aromatic N) is 3. The van der Waals surface area contributed by atoms with Crippen molar-refractivity contribution in [1.82, 2.24) is 14.7 Å². The monoisotopic (exact) mass is 351 g/mol. The molecule has 0 saturated carbocycles. The number of hydrogen-bond acceptors (Lipinski definition) is 4. The van der Waals surface area contributed by atoms with Crippen molar-refractivity contribution in [3.63, 3.8) is 0 Å². The molecule has 1 aliphatic rings. The summed E-state index contributed by atoms with van der Waals surface area (Å²) in [4.78, 5) is 14.3. The topological polar surface area (TPSA) is 72.3 Å². The summed E-state index contributed by atoms with van der Waals surface area (Å²) < 4.78 is 39.2. The van der Waals surface area contributed by atoms with Gasteiger partial charge >= 0.3 is 0 Å². The van der Waals surface area contributed by atoms with Gasteiger partial charge in [0, 0.05) is 30.9 Å². The van der Waals surface area contributed by atoms with Crippen LogP contribution in [0.5, 0.6) is 0 Å². The van der Waals surface area contributed by atoms with E-state index in [1.54, 1.807) is 37.1 Å². The summed E-state index contributed by atoms with van der Waals surface area (Å²) in [5.74, 6) is -1.11. The highest BCUT2D eigenvalue weighted by Gasteiger charge is 2.36. The number of amides is 1. The van der Waals surface area contributed by atoms with Gasteiger partial charge in [0.2, 0.25) is 0 Å². The van der Waals surface area contributed by atoms with E-state index in [0.29, 0.717) is 11.1 Å². The van der Waals surface area contributed by atoms with Crippen molar-refractivity contribution < 1.29 is 17.6 Å². The van der Waals surface area contributed by atoms with Crippen LogP contribution in [0.2, 0.25) is 0 Å². The Morgan fingerprint density at radius 3 is 2.71 bits per heavy atom. The molecular weight excluding hydrogens is 333 g/mol. The quantitative estimate of drug-likeness (QED) is 0.822. The first-order chi connectivity index (χ1) is 11.2. The second kappa shape index (κ2) is 6.01. The van der Waals surface area contributed by atoms with E-state index in [4.69, 9.17) is 0 Å². The molecule has 0 bridgehead atoms. The summed E-state index contributed by atoms with van der Waals surface area (Å²) in [6.45, 7) is 1.79. The number of rotatable bonds is 2. The molecule has 1 fully saturated rings. The van der Waals surface area contributed by atoms with Crippen molar-refractivity contribution in [1.29, 1.82) is 0 Å². The Kier molecular flexibility index (Phi) is 4.16. The van der Waals surface area contributed by atoms with Gasteiger partial charge in [0.15, 0.2) is 9.84 Å². The maximum atomic E-state index is 13.6. The molecule has 2 aromatic rings. The van der Waals surface area contributed by atoms with Crippen LogP contribution in [0.1, 0.15) is 27.5 Å². The SMILES string of the molecule is Cc1cc(F)cc(C(=O)N2CCS(=O)(=O)CC2c2cnn(C)c2)c1. The first-order valence-corrected chi connectivity index (χ1v) is 9.34. The Labute approximate surface area is 139 Å². The number of carbonyl (C=O) groups excluding carboxylic acids is 1. The molecule has 128 valence electrons. The number of benzene rings is 1. The average molecular weight is 351 g/mol. The van der Waals surface area contributed by atoms with Gasteiger partial charge in [0.1, 0.15) is 5.82 Å². The molecule has 1 unspecified atom stereocenters. The van der Waals surface area contributed by atoms with E-state index < -0.39 is 21.7 Å². The Morgan fingerprint density at radius 1 is 1.33 bits per heavy atom. The first-order valence-electron chi connectivity index (χ1n) is 7.52. The lowest BCUT2D eigenvalue weighted by atomic mass is 10.1. The van der Waals surface area contributed by atoms with Gasteiger partial charge in [0.05, 0.1) is 23.7 Å². The smallest absolute Gasteiger partial charge is 0.254 e. The van der Waals surface area contributed by atoms with E-state index in [2.05, 4.69) is 5.10 Å². The summed E-state index contributed by atoms with van der Waals surface area (Å²) in [6, 6.07) is 3.51. The van der Waals surface area contributed by atoms with Crippen molar-refractivity contribution in [2.75, 3.05) is 18.1 Å². The molecular formula is C16H18FN3O3S. The van der Waals surface area contributed by atoms with E-state index in [1.165, 1.54) is 17.0 Å². The Bertz CT molecular complexity index is 871. The summed E-state index contributed by atoms with van der Waals surface area (Å²) in [5, 5.41) is 4.06. The molecule has 0 radical (unpaired) electrons. The van der Waals surface area contributed by atoms with Gasteiger partial charge in [-0.15, -0.1) is 0 Å². The van der Waals surface area contributed by atoms with Crippen molar-refractivity contribution in [3.05, 3.63) is 53.1 Å². The molecule has 1 saturated heterocycles. The Balaban J connectivity index is 1.98. The van der Waals surface area contributed by atoms with Gasteiger partial charge < -0.3 is 4.90 Å². The minimum Gasteiger partial charge on any atom is -0.329 e. The number of hydrogen-bond donors (Lipinski definition) is 0. The second-order valence-electron chi connectivity index (χ2n) is 6.09. The fraction of sp³-hybridized carbons (Fsp3) is 0.375.